The van der Waals surface area contributed by atoms with Crippen molar-refractivity contribution in [3.05, 3.63) is 117 Å². The van der Waals surface area contributed by atoms with Crippen LogP contribution in [-0.4, -0.2) is 99.9 Å². The monoisotopic (exact) mass is 965 g/mol. The predicted molar refractivity (Wildman–Crippen MR) is 269 cm³/mol. The van der Waals surface area contributed by atoms with E-state index in [9.17, 15) is 28.4 Å². The van der Waals surface area contributed by atoms with Gasteiger partial charge >= 0.3 is 0 Å². The lowest BCUT2D eigenvalue weighted by molar-refractivity contribution is -0.135. The summed E-state index contributed by atoms with van der Waals surface area (Å²) >= 11 is 0. The molecule has 4 amide bonds. The lowest BCUT2D eigenvalue weighted by atomic mass is 9.82. The van der Waals surface area contributed by atoms with Crippen molar-refractivity contribution in [2.75, 3.05) is 61.4 Å². The Bertz CT molecular complexity index is 3080. The fourth-order valence-electron chi connectivity index (χ4n) is 12.5. The molecule has 71 heavy (non-hydrogen) atoms. The maximum Gasteiger partial charge on any atom is 0.257 e. The highest BCUT2D eigenvalue weighted by Gasteiger charge is 2.61. The van der Waals surface area contributed by atoms with E-state index >= 15 is 4.39 Å². The molecule has 2 N–H and O–H groups in total. The Morgan fingerprint density at radius 1 is 0.887 bits per heavy atom. The van der Waals surface area contributed by atoms with Gasteiger partial charge in [-0.2, -0.15) is 0 Å². The number of benzene rings is 2. The van der Waals surface area contributed by atoms with Gasteiger partial charge in [-0.15, -0.1) is 0 Å². The minimum absolute atomic E-state index is 0.0110. The largest absolute Gasteiger partial charge is 0.386 e. The summed E-state index contributed by atoms with van der Waals surface area (Å²) in [6.45, 7) is 8.46. The van der Waals surface area contributed by atoms with E-state index in [0.717, 1.165) is 97.2 Å². The molecular formula is C55H61F2N9O5. The average Bonchev–Trinajstić information content (AvgIpc) is 4.06. The number of hydrogen-bond acceptors (Lipinski definition) is 9. The van der Waals surface area contributed by atoms with Crippen LogP contribution in [-0.2, 0) is 26.8 Å². The van der Waals surface area contributed by atoms with Gasteiger partial charge in [-0.25, -0.2) is 13.8 Å². The van der Waals surface area contributed by atoms with Gasteiger partial charge in [-0.3, -0.25) is 43.7 Å². The summed E-state index contributed by atoms with van der Waals surface area (Å²) in [4.78, 5) is 78.1. The molecule has 3 aromatic heterocycles. The first-order valence-corrected chi connectivity index (χ1v) is 25.4. The molecule has 1 saturated carbocycles. The minimum atomic E-state index is -0.653. The predicted octanol–water partition coefficient (Wildman–Crippen LogP) is 7.55. The van der Waals surface area contributed by atoms with Gasteiger partial charge in [-0.05, 0) is 143 Å². The van der Waals surface area contributed by atoms with Gasteiger partial charge in [0.1, 0.15) is 17.5 Å². The van der Waals surface area contributed by atoms with Crippen LogP contribution in [0, 0.1) is 30.4 Å². The van der Waals surface area contributed by atoms with Gasteiger partial charge in [0.25, 0.3) is 11.5 Å². The van der Waals surface area contributed by atoms with E-state index in [4.69, 9.17) is 0 Å². The second-order valence-corrected chi connectivity index (χ2v) is 20.8. The Morgan fingerprint density at radius 2 is 1.63 bits per heavy atom. The highest BCUT2D eigenvalue weighted by atomic mass is 19.1. The number of imide groups is 1. The lowest BCUT2D eigenvalue weighted by Gasteiger charge is -2.38. The highest BCUT2D eigenvalue weighted by Crippen LogP contribution is 2.59. The number of likely N-dealkylation sites (tertiary alicyclic amines) is 1. The number of amides is 4. The second kappa shape index (κ2) is 18.2. The van der Waals surface area contributed by atoms with Crippen molar-refractivity contribution in [2.24, 2.45) is 18.9 Å². The molecule has 4 fully saturated rings. The summed E-state index contributed by atoms with van der Waals surface area (Å²) < 4.78 is 34.3. The molecule has 5 aliphatic heterocycles. The fourth-order valence-corrected chi connectivity index (χ4v) is 12.5. The zero-order valence-electron chi connectivity index (χ0n) is 40.9. The second-order valence-electron chi connectivity index (χ2n) is 20.8. The van der Waals surface area contributed by atoms with E-state index in [1.165, 1.54) is 22.9 Å². The molecule has 1 spiro atoms. The Balaban J connectivity index is 0.680. The number of halogens is 2. The maximum atomic E-state index is 16.1. The molecule has 0 radical (unpaired) electrons. The van der Waals surface area contributed by atoms with Gasteiger partial charge in [0.05, 0.1) is 23.0 Å². The number of pyridine rings is 2. The molecule has 8 heterocycles. The van der Waals surface area contributed by atoms with E-state index in [1.807, 2.05) is 41.6 Å². The minimum Gasteiger partial charge on any atom is -0.386 e. The van der Waals surface area contributed by atoms with Crippen LogP contribution in [0.4, 0.5) is 25.8 Å². The van der Waals surface area contributed by atoms with Crippen molar-refractivity contribution in [3.8, 4) is 5.69 Å². The summed E-state index contributed by atoms with van der Waals surface area (Å²) in [6, 6.07) is 13.8. The van der Waals surface area contributed by atoms with Crippen LogP contribution in [0.25, 0.3) is 22.3 Å². The number of aromatic nitrogens is 3. The van der Waals surface area contributed by atoms with Crippen molar-refractivity contribution < 1.29 is 28.0 Å². The molecule has 5 aromatic rings. The maximum absolute atomic E-state index is 16.1. The van der Waals surface area contributed by atoms with Crippen molar-refractivity contribution in [1.29, 1.82) is 0 Å². The van der Waals surface area contributed by atoms with Gasteiger partial charge in [0.2, 0.25) is 17.7 Å². The average molecular weight is 966 g/mol. The molecule has 6 aliphatic rings. The molecular weight excluding hydrogens is 905 g/mol. The number of rotatable bonds is 10. The molecule has 14 nitrogen and oxygen atoms in total. The summed E-state index contributed by atoms with van der Waals surface area (Å²) in [5.74, 6) is -0.593. The Hall–Kier alpha value is -6.68. The zero-order valence-corrected chi connectivity index (χ0v) is 40.9. The third-order valence-corrected chi connectivity index (χ3v) is 16.8. The van der Waals surface area contributed by atoms with E-state index in [-0.39, 0.29) is 47.2 Å². The topological polar surface area (TPSA) is 145 Å². The zero-order chi connectivity index (χ0) is 49.5. The van der Waals surface area contributed by atoms with Crippen molar-refractivity contribution in [1.82, 2.24) is 29.2 Å². The normalized spacial score (nSPS) is 21.2. The first-order chi connectivity index (χ1) is 34.2. The van der Waals surface area contributed by atoms with Crippen molar-refractivity contribution in [3.63, 3.8) is 0 Å². The number of nitrogens with zero attached hydrogens (tertiary/aromatic N) is 7. The molecule has 2 atom stereocenters. The summed E-state index contributed by atoms with van der Waals surface area (Å²) in [6.07, 6.45) is 12.8. The number of aryl methyl sites for hydroxylation is 2. The molecule has 3 saturated heterocycles. The molecule has 16 heteroatoms. The van der Waals surface area contributed by atoms with Crippen molar-refractivity contribution in [2.45, 2.75) is 95.6 Å². The van der Waals surface area contributed by atoms with Gasteiger partial charge in [0.15, 0.2) is 5.82 Å². The Kier molecular flexibility index (Phi) is 12.0. The number of carbonyl (C=O) groups is 4. The van der Waals surface area contributed by atoms with Crippen LogP contribution in [0.15, 0.2) is 71.8 Å². The SMILES string of the molecule is CNc1cc(=O)n(-c2ccnc3c2cc([C@H](C)N2CC=C(c4c(C)cc(C(=O)N5CCC(CC6CCN(c7ccc8c(c7)C7(CC7)C(=O)N8C7CCC(=O)NC7=O)CC6)CC5)cc4F)CC2)n3C)cc1F. The number of anilines is 3. The van der Waals surface area contributed by atoms with Crippen LogP contribution < -0.4 is 26.0 Å². The van der Waals surface area contributed by atoms with E-state index in [1.54, 1.807) is 24.2 Å². The van der Waals surface area contributed by atoms with Crippen LogP contribution >= 0.6 is 0 Å². The van der Waals surface area contributed by atoms with Gasteiger partial charge in [0, 0.05) is 112 Å². The summed E-state index contributed by atoms with van der Waals surface area (Å²) in [5.41, 5.74) is 7.01. The molecule has 370 valence electrons. The number of hydrogen-bond donors (Lipinski definition) is 2. The van der Waals surface area contributed by atoms with Crippen molar-refractivity contribution >= 4 is 57.3 Å². The Labute approximate surface area is 411 Å². The first-order valence-electron chi connectivity index (χ1n) is 25.4. The van der Waals surface area contributed by atoms with Crippen LogP contribution in [0.5, 0.6) is 0 Å². The van der Waals surface area contributed by atoms with E-state index in [2.05, 4.69) is 50.5 Å². The number of fused-ring (bicyclic) bond motifs is 3. The molecule has 11 rings (SSSR count). The number of nitrogens with one attached hydrogen (secondary N) is 2. The fraction of sp³-hybridized carbons (Fsp3) is 0.455. The molecule has 1 aliphatic carbocycles. The van der Waals surface area contributed by atoms with Gasteiger partial charge in [-0.1, -0.05) is 6.08 Å². The molecule has 2 aromatic carbocycles. The summed E-state index contributed by atoms with van der Waals surface area (Å²) in [7, 11) is 3.51. The van der Waals surface area contributed by atoms with Crippen LogP contribution in [0.2, 0.25) is 0 Å². The number of carbonyl (C=O) groups excluding carboxylic acids is 4. The van der Waals surface area contributed by atoms with Crippen LogP contribution in [0.3, 0.4) is 0 Å². The highest BCUT2D eigenvalue weighted by molar-refractivity contribution is 6.15. The summed E-state index contributed by atoms with van der Waals surface area (Å²) in [5, 5.41) is 5.87. The Morgan fingerprint density at radius 3 is 2.31 bits per heavy atom. The number of piperidine rings is 3. The third kappa shape index (κ3) is 8.21. The lowest BCUT2D eigenvalue weighted by Crippen LogP contribution is -2.54. The standard InChI is InChI=1S/C55H61F2N9O5/c1-32-25-37(27-41(56)50(32)36-14-23-62(24-15-36)33(2)47-29-39-44(9-18-59-51(39)61(47)4)65-31-42(57)43(58-3)30-49(65)68)53(70)64-21-12-35(13-22-64)26-34-10-19-63(20-11-34)38-5-6-45-40(28-38)55(16-17-55)54(71)66(45)46-7-8-48(67)60-52(46)69/h5-6,9,14,18,25,27-31,33-35,46,58H,7-8,10-13,15-17,19-24,26H2,1-4H3,(H,60,67,69)/t33-,46?/m0/s1. The molecule has 1 unspecified atom stereocenters. The smallest absolute Gasteiger partial charge is 0.257 e. The van der Waals surface area contributed by atoms with E-state index in [0.29, 0.717) is 73.3 Å². The first kappa shape index (κ1) is 46.7. The van der Waals surface area contributed by atoms with E-state index < -0.39 is 23.2 Å². The molecule has 0 bridgehead atoms. The quantitative estimate of drug-likeness (QED) is 0.136. The van der Waals surface area contributed by atoms with Gasteiger partial charge < -0.3 is 19.7 Å². The van der Waals surface area contributed by atoms with Crippen LogP contribution in [0.1, 0.15) is 110 Å². The third-order valence-electron chi connectivity index (χ3n) is 16.8.